The molecule has 0 aromatic rings. The van der Waals surface area contributed by atoms with E-state index >= 15 is 0 Å². The standard InChI is InChI=1S/C10H22N2O4S/c1-7(2)5-9(12-17(4,15)16)10(14)11-6-8(3)13/h7-9,12-13H,5-6H2,1-4H3,(H,11,14)/t8-,9?/m0/s1. The molecular formula is C10H22N2O4S. The van der Waals surface area contributed by atoms with Crippen molar-refractivity contribution in [3.05, 3.63) is 0 Å². The van der Waals surface area contributed by atoms with Crippen molar-refractivity contribution in [3.8, 4) is 0 Å². The first kappa shape index (κ1) is 16.3. The van der Waals surface area contributed by atoms with Crippen LogP contribution in [0.5, 0.6) is 0 Å². The quantitative estimate of drug-likeness (QED) is 0.576. The van der Waals surface area contributed by atoms with Crippen LogP contribution in [-0.2, 0) is 14.8 Å². The number of carbonyl (C=O) groups is 1. The fourth-order valence-corrected chi connectivity index (χ4v) is 2.03. The van der Waals surface area contributed by atoms with Gasteiger partial charge < -0.3 is 10.4 Å². The van der Waals surface area contributed by atoms with Gasteiger partial charge in [-0.2, -0.15) is 0 Å². The summed E-state index contributed by atoms with van der Waals surface area (Å²) in [4.78, 5) is 11.7. The van der Waals surface area contributed by atoms with Crippen LogP contribution < -0.4 is 10.0 Å². The zero-order valence-corrected chi connectivity index (χ0v) is 11.5. The first-order valence-electron chi connectivity index (χ1n) is 5.55. The van der Waals surface area contributed by atoms with Gasteiger partial charge in [0.1, 0.15) is 6.04 Å². The van der Waals surface area contributed by atoms with Crippen LogP contribution in [0.3, 0.4) is 0 Å². The third-order valence-corrected chi connectivity index (χ3v) is 2.66. The Labute approximate surface area is 103 Å². The molecule has 0 aromatic heterocycles. The highest BCUT2D eigenvalue weighted by Crippen LogP contribution is 2.05. The SMILES string of the molecule is CC(C)CC(NS(C)(=O)=O)C(=O)NC[C@H](C)O. The Morgan fingerprint density at radius 3 is 2.18 bits per heavy atom. The Kier molecular flexibility index (Phi) is 6.66. The molecular weight excluding hydrogens is 244 g/mol. The van der Waals surface area contributed by atoms with E-state index in [-0.39, 0.29) is 12.5 Å². The van der Waals surface area contributed by atoms with Gasteiger partial charge in [-0.05, 0) is 19.3 Å². The lowest BCUT2D eigenvalue weighted by Gasteiger charge is -2.19. The Balaban J connectivity index is 4.51. The van der Waals surface area contributed by atoms with Crippen LogP contribution in [0.1, 0.15) is 27.2 Å². The summed E-state index contributed by atoms with van der Waals surface area (Å²) in [5.74, 6) is -0.225. The van der Waals surface area contributed by atoms with E-state index in [0.29, 0.717) is 6.42 Å². The Hall–Kier alpha value is -0.660. The van der Waals surface area contributed by atoms with E-state index in [2.05, 4.69) is 10.0 Å². The van der Waals surface area contributed by atoms with Crippen molar-refractivity contribution in [3.63, 3.8) is 0 Å². The number of rotatable bonds is 7. The summed E-state index contributed by atoms with van der Waals surface area (Å²) < 4.78 is 24.5. The molecule has 0 spiro atoms. The summed E-state index contributed by atoms with van der Waals surface area (Å²) in [6, 6.07) is -0.788. The highest BCUT2D eigenvalue weighted by atomic mass is 32.2. The summed E-state index contributed by atoms with van der Waals surface area (Å²) in [6.07, 6.45) is 0.776. The van der Waals surface area contributed by atoms with Gasteiger partial charge in [0.2, 0.25) is 15.9 Å². The maximum atomic E-state index is 11.7. The number of nitrogens with one attached hydrogen (secondary N) is 2. The van der Waals surface area contributed by atoms with Gasteiger partial charge in [0, 0.05) is 6.54 Å². The van der Waals surface area contributed by atoms with Crippen molar-refractivity contribution in [1.82, 2.24) is 10.0 Å². The summed E-state index contributed by atoms with van der Waals surface area (Å²) in [6.45, 7) is 5.46. The smallest absolute Gasteiger partial charge is 0.238 e. The average molecular weight is 266 g/mol. The predicted octanol–water partition coefficient (Wildman–Crippen LogP) is -0.553. The van der Waals surface area contributed by atoms with Crippen molar-refractivity contribution in [1.29, 1.82) is 0 Å². The molecule has 17 heavy (non-hydrogen) atoms. The molecule has 2 atom stereocenters. The molecule has 0 rings (SSSR count). The van der Waals surface area contributed by atoms with Crippen LogP contribution in [0.2, 0.25) is 0 Å². The number of carbonyl (C=O) groups excluding carboxylic acids is 1. The molecule has 7 heteroatoms. The molecule has 0 fully saturated rings. The van der Waals surface area contributed by atoms with Crippen LogP contribution >= 0.6 is 0 Å². The molecule has 0 saturated heterocycles. The Morgan fingerprint density at radius 1 is 1.29 bits per heavy atom. The topological polar surface area (TPSA) is 95.5 Å². The molecule has 1 amide bonds. The summed E-state index contributed by atoms with van der Waals surface area (Å²) >= 11 is 0. The van der Waals surface area contributed by atoms with Gasteiger partial charge in [0.15, 0.2) is 0 Å². The second kappa shape index (κ2) is 6.93. The van der Waals surface area contributed by atoms with E-state index in [1.807, 2.05) is 13.8 Å². The van der Waals surface area contributed by atoms with Gasteiger partial charge in [-0.1, -0.05) is 13.8 Å². The van der Waals surface area contributed by atoms with E-state index in [1.54, 1.807) is 6.92 Å². The monoisotopic (exact) mass is 266 g/mol. The molecule has 0 heterocycles. The number of hydrogen-bond acceptors (Lipinski definition) is 4. The van der Waals surface area contributed by atoms with Gasteiger partial charge >= 0.3 is 0 Å². The zero-order chi connectivity index (χ0) is 13.6. The Morgan fingerprint density at radius 2 is 1.82 bits per heavy atom. The summed E-state index contributed by atoms with van der Waals surface area (Å²) in [5.41, 5.74) is 0. The lowest BCUT2D eigenvalue weighted by Crippen LogP contribution is -2.48. The van der Waals surface area contributed by atoms with Gasteiger partial charge in [-0.3, -0.25) is 4.79 Å². The zero-order valence-electron chi connectivity index (χ0n) is 10.7. The van der Waals surface area contributed by atoms with Gasteiger partial charge in [0.25, 0.3) is 0 Å². The lowest BCUT2D eigenvalue weighted by molar-refractivity contribution is -0.123. The highest BCUT2D eigenvalue weighted by Gasteiger charge is 2.22. The van der Waals surface area contributed by atoms with Crippen LogP contribution in [-0.4, -0.2) is 44.4 Å². The number of hydrogen-bond donors (Lipinski definition) is 3. The van der Waals surface area contributed by atoms with Crippen LogP contribution in [0.15, 0.2) is 0 Å². The second-order valence-corrected chi connectivity index (χ2v) is 6.45. The summed E-state index contributed by atoms with van der Waals surface area (Å²) in [5, 5.41) is 11.5. The van der Waals surface area contributed by atoms with E-state index in [1.165, 1.54) is 0 Å². The molecule has 102 valence electrons. The largest absolute Gasteiger partial charge is 0.392 e. The van der Waals surface area contributed by atoms with Crippen LogP contribution in [0, 0.1) is 5.92 Å². The van der Waals surface area contributed by atoms with Gasteiger partial charge in [-0.15, -0.1) is 0 Å². The average Bonchev–Trinajstić information content (AvgIpc) is 2.09. The third-order valence-electron chi connectivity index (χ3n) is 1.95. The fourth-order valence-electron chi connectivity index (χ4n) is 1.31. The van der Waals surface area contributed by atoms with Crippen LogP contribution in [0.25, 0.3) is 0 Å². The lowest BCUT2D eigenvalue weighted by atomic mass is 10.0. The minimum atomic E-state index is -3.43. The first-order chi connectivity index (χ1) is 7.61. The van der Waals surface area contributed by atoms with Crippen molar-refractivity contribution in [2.24, 2.45) is 5.92 Å². The molecule has 6 nitrogen and oxygen atoms in total. The van der Waals surface area contributed by atoms with E-state index in [4.69, 9.17) is 5.11 Å². The van der Waals surface area contributed by atoms with E-state index in [0.717, 1.165) is 6.26 Å². The van der Waals surface area contributed by atoms with E-state index < -0.39 is 28.1 Å². The maximum Gasteiger partial charge on any atom is 0.238 e. The molecule has 0 aliphatic carbocycles. The molecule has 1 unspecified atom stereocenters. The van der Waals surface area contributed by atoms with Crippen LogP contribution in [0.4, 0.5) is 0 Å². The molecule has 0 aliphatic heterocycles. The van der Waals surface area contributed by atoms with E-state index in [9.17, 15) is 13.2 Å². The summed E-state index contributed by atoms with van der Waals surface area (Å²) in [7, 11) is -3.43. The van der Waals surface area contributed by atoms with Crippen molar-refractivity contribution in [2.45, 2.75) is 39.3 Å². The van der Waals surface area contributed by atoms with Crippen molar-refractivity contribution >= 4 is 15.9 Å². The number of sulfonamides is 1. The van der Waals surface area contributed by atoms with Crippen molar-refractivity contribution in [2.75, 3.05) is 12.8 Å². The molecule has 0 radical (unpaired) electrons. The Bertz CT molecular complexity index is 338. The molecule has 0 bridgehead atoms. The molecule has 0 aromatic carbocycles. The van der Waals surface area contributed by atoms with Crippen molar-refractivity contribution < 1.29 is 18.3 Å². The minimum absolute atomic E-state index is 0.110. The van der Waals surface area contributed by atoms with Gasteiger partial charge in [0.05, 0.1) is 12.4 Å². The number of aliphatic hydroxyl groups excluding tert-OH is 1. The highest BCUT2D eigenvalue weighted by molar-refractivity contribution is 7.88. The van der Waals surface area contributed by atoms with Gasteiger partial charge in [-0.25, -0.2) is 13.1 Å². The third kappa shape index (κ3) is 9.08. The minimum Gasteiger partial charge on any atom is -0.392 e. The first-order valence-corrected chi connectivity index (χ1v) is 7.44. The number of amides is 1. The number of aliphatic hydroxyl groups is 1. The predicted molar refractivity (Wildman–Crippen MR) is 65.9 cm³/mol. The maximum absolute atomic E-state index is 11.7. The molecule has 3 N–H and O–H groups in total. The molecule has 0 aliphatic rings. The normalized spacial score (nSPS) is 15.6. The second-order valence-electron chi connectivity index (χ2n) is 4.67. The fraction of sp³-hybridized carbons (Fsp3) is 0.900. The molecule has 0 saturated carbocycles.